The molecule has 0 saturated heterocycles. The minimum Gasteiger partial charge on any atom is -0.459 e. The molecule has 0 spiro atoms. The van der Waals surface area contributed by atoms with Gasteiger partial charge in [0.25, 0.3) is 5.91 Å². The van der Waals surface area contributed by atoms with Crippen LogP contribution in [0.4, 0.5) is 0 Å². The summed E-state index contributed by atoms with van der Waals surface area (Å²) in [6.07, 6.45) is 1.45. The van der Waals surface area contributed by atoms with Gasteiger partial charge in [0.15, 0.2) is 5.76 Å². The molecule has 0 aliphatic carbocycles. The van der Waals surface area contributed by atoms with E-state index < -0.39 is 0 Å². The first-order chi connectivity index (χ1) is 7.06. The van der Waals surface area contributed by atoms with Crippen molar-refractivity contribution in [2.45, 2.75) is 6.92 Å². The van der Waals surface area contributed by atoms with Gasteiger partial charge in [-0.05, 0) is 13.0 Å². The molecule has 5 nitrogen and oxygen atoms in total. The molecule has 0 atom stereocenters. The van der Waals surface area contributed by atoms with E-state index in [1.165, 1.54) is 18.2 Å². The van der Waals surface area contributed by atoms with Gasteiger partial charge in [0.05, 0.1) is 12.8 Å². The third kappa shape index (κ3) is 2.59. The lowest BCUT2D eigenvalue weighted by Gasteiger charge is -2.14. The van der Waals surface area contributed by atoms with Crippen molar-refractivity contribution in [3.05, 3.63) is 23.7 Å². The molecular formula is C10H14N2O3. The van der Waals surface area contributed by atoms with Gasteiger partial charge < -0.3 is 14.6 Å². The summed E-state index contributed by atoms with van der Waals surface area (Å²) in [6.45, 7) is 1.81. The topological polar surface area (TPSA) is 62.6 Å². The maximum absolute atomic E-state index is 11.7. The van der Waals surface area contributed by atoms with E-state index in [0.717, 1.165) is 5.56 Å². The second-order valence-electron chi connectivity index (χ2n) is 3.27. The molecule has 0 aliphatic rings. The molecule has 0 unspecified atom stereocenters. The second-order valence-corrected chi connectivity index (χ2v) is 3.27. The van der Waals surface area contributed by atoms with Gasteiger partial charge in [0.2, 0.25) is 5.91 Å². The average Bonchev–Trinajstić information content (AvgIpc) is 2.63. The number of nitrogens with one attached hydrogen (secondary N) is 1. The van der Waals surface area contributed by atoms with Crippen molar-refractivity contribution < 1.29 is 14.0 Å². The van der Waals surface area contributed by atoms with E-state index in [1.807, 2.05) is 0 Å². The summed E-state index contributed by atoms with van der Waals surface area (Å²) >= 11 is 0. The van der Waals surface area contributed by atoms with Crippen LogP contribution < -0.4 is 5.32 Å². The fraction of sp³-hybridized carbons (Fsp3) is 0.400. The minimum atomic E-state index is -0.291. The van der Waals surface area contributed by atoms with Crippen LogP contribution in [0.1, 0.15) is 16.1 Å². The highest BCUT2D eigenvalue weighted by molar-refractivity contribution is 5.95. The zero-order valence-electron chi connectivity index (χ0n) is 9.03. The van der Waals surface area contributed by atoms with Crippen LogP contribution in [0.2, 0.25) is 0 Å². The number of aryl methyl sites for hydroxylation is 1. The van der Waals surface area contributed by atoms with Crippen molar-refractivity contribution in [3.8, 4) is 0 Å². The summed E-state index contributed by atoms with van der Waals surface area (Å²) in [6, 6.07) is 1.71. The third-order valence-corrected chi connectivity index (χ3v) is 2.06. The zero-order valence-corrected chi connectivity index (χ0v) is 9.03. The van der Waals surface area contributed by atoms with Crippen molar-refractivity contribution in [1.29, 1.82) is 0 Å². The van der Waals surface area contributed by atoms with Crippen LogP contribution >= 0.6 is 0 Å². The Labute approximate surface area is 88.0 Å². The lowest BCUT2D eigenvalue weighted by Crippen LogP contribution is -2.36. The molecule has 15 heavy (non-hydrogen) atoms. The Morgan fingerprint density at radius 1 is 1.53 bits per heavy atom. The Morgan fingerprint density at radius 2 is 2.20 bits per heavy atom. The van der Waals surface area contributed by atoms with E-state index in [0.29, 0.717) is 0 Å². The van der Waals surface area contributed by atoms with E-state index in [-0.39, 0.29) is 24.1 Å². The molecule has 5 heteroatoms. The average molecular weight is 210 g/mol. The Morgan fingerprint density at radius 3 is 2.67 bits per heavy atom. The largest absolute Gasteiger partial charge is 0.459 e. The number of carbonyl (C=O) groups excluding carboxylic acids is 2. The Bertz CT molecular complexity index is 370. The Balaban J connectivity index is 2.69. The third-order valence-electron chi connectivity index (χ3n) is 2.06. The molecule has 1 aromatic heterocycles. The predicted molar refractivity (Wildman–Crippen MR) is 54.5 cm³/mol. The monoisotopic (exact) mass is 210 g/mol. The van der Waals surface area contributed by atoms with Crippen LogP contribution in [0, 0.1) is 6.92 Å². The van der Waals surface area contributed by atoms with Crippen LogP contribution in [0.5, 0.6) is 0 Å². The molecule has 1 aromatic rings. The quantitative estimate of drug-likeness (QED) is 0.785. The molecule has 0 saturated carbocycles. The van der Waals surface area contributed by atoms with E-state index in [2.05, 4.69) is 5.32 Å². The maximum atomic E-state index is 11.7. The molecule has 0 radical (unpaired) electrons. The summed E-state index contributed by atoms with van der Waals surface area (Å²) in [5.74, 6) is -0.224. The number of hydrogen-bond acceptors (Lipinski definition) is 3. The molecule has 82 valence electrons. The number of amides is 2. The van der Waals surface area contributed by atoms with E-state index in [9.17, 15) is 9.59 Å². The number of nitrogens with zero attached hydrogens (tertiary/aromatic N) is 1. The van der Waals surface area contributed by atoms with Crippen molar-refractivity contribution in [1.82, 2.24) is 10.2 Å². The fourth-order valence-corrected chi connectivity index (χ4v) is 1.13. The summed E-state index contributed by atoms with van der Waals surface area (Å²) in [7, 11) is 3.08. The van der Waals surface area contributed by atoms with Gasteiger partial charge in [0.1, 0.15) is 0 Å². The lowest BCUT2D eigenvalue weighted by molar-refractivity contribution is -0.121. The van der Waals surface area contributed by atoms with Gasteiger partial charge in [-0.15, -0.1) is 0 Å². The van der Waals surface area contributed by atoms with Crippen LogP contribution in [-0.2, 0) is 4.79 Å². The van der Waals surface area contributed by atoms with Crippen molar-refractivity contribution in [2.24, 2.45) is 0 Å². The van der Waals surface area contributed by atoms with Gasteiger partial charge >= 0.3 is 0 Å². The SMILES string of the molecule is CNC(=O)CN(C)C(=O)c1occc1C. The van der Waals surface area contributed by atoms with E-state index in [4.69, 9.17) is 4.42 Å². The number of likely N-dealkylation sites (N-methyl/N-ethyl adjacent to an activating group) is 2. The first-order valence-electron chi connectivity index (χ1n) is 4.56. The van der Waals surface area contributed by atoms with Crippen LogP contribution in [0.15, 0.2) is 16.7 Å². The lowest BCUT2D eigenvalue weighted by atomic mass is 10.2. The smallest absolute Gasteiger partial charge is 0.290 e. The molecule has 0 fully saturated rings. The summed E-state index contributed by atoms with van der Waals surface area (Å²) < 4.78 is 5.04. The van der Waals surface area contributed by atoms with Gasteiger partial charge in [-0.25, -0.2) is 0 Å². The van der Waals surface area contributed by atoms with Gasteiger partial charge in [-0.2, -0.15) is 0 Å². The molecule has 0 bridgehead atoms. The molecule has 1 heterocycles. The maximum Gasteiger partial charge on any atom is 0.290 e. The minimum absolute atomic E-state index is 0.0233. The molecular weight excluding hydrogens is 196 g/mol. The molecule has 0 aliphatic heterocycles. The normalized spacial score (nSPS) is 9.80. The fourth-order valence-electron chi connectivity index (χ4n) is 1.13. The highest BCUT2D eigenvalue weighted by Crippen LogP contribution is 2.10. The van der Waals surface area contributed by atoms with E-state index in [1.54, 1.807) is 20.0 Å². The number of furan rings is 1. The number of rotatable bonds is 3. The molecule has 1 N–H and O–H groups in total. The highest BCUT2D eigenvalue weighted by atomic mass is 16.3. The van der Waals surface area contributed by atoms with Crippen LogP contribution in [-0.4, -0.2) is 37.4 Å². The first kappa shape index (κ1) is 11.3. The first-order valence-corrected chi connectivity index (χ1v) is 4.56. The van der Waals surface area contributed by atoms with Gasteiger partial charge in [-0.3, -0.25) is 9.59 Å². The van der Waals surface area contributed by atoms with Crippen molar-refractivity contribution >= 4 is 11.8 Å². The highest BCUT2D eigenvalue weighted by Gasteiger charge is 2.18. The predicted octanol–water partition coefficient (Wildman–Crippen LogP) is 0.406. The van der Waals surface area contributed by atoms with E-state index >= 15 is 0 Å². The Kier molecular flexibility index (Phi) is 3.49. The number of hydrogen-bond donors (Lipinski definition) is 1. The van der Waals surface area contributed by atoms with Crippen molar-refractivity contribution in [3.63, 3.8) is 0 Å². The summed E-state index contributed by atoms with van der Waals surface area (Å²) in [4.78, 5) is 24.1. The van der Waals surface area contributed by atoms with Crippen molar-refractivity contribution in [2.75, 3.05) is 20.6 Å². The van der Waals surface area contributed by atoms with Gasteiger partial charge in [-0.1, -0.05) is 0 Å². The molecule has 1 rings (SSSR count). The number of carbonyl (C=O) groups is 2. The zero-order chi connectivity index (χ0) is 11.4. The van der Waals surface area contributed by atoms with Crippen LogP contribution in [0.3, 0.4) is 0 Å². The molecule has 2 amide bonds. The van der Waals surface area contributed by atoms with Gasteiger partial charge in [0, 0.05) is 19.7 Å². The standard InChI is InChI=1S/C10H14N2O3/c1-7-4-5-15-9(7)10(14)12(3)6-8(13)11-2/h4-5H,6H2,1-3H3,(H,11,13). The molecule has 0 aromatic carbocycles. The van der Waals surface area contributed by atoms with Crippen LogP contribution in [0.25, 0.3) is 0 Å². The summed E-state index contributed by atoms with van der Waals surface area (Å²) in [5.41, 5.74) is 0.767. The Hall–Kier alpha value is -1.78. The second kappa shape index (κ2) is 4.63. The summed E-state index contributed by atoms with van der Waals surface area (Å²) in [5, 5.41) is 2.45.